The fraction of sp³-hybridized carbons (Fsp3) is 0.800. The first-order valence-corrected chi connectivity index (χ1v) is 4.80. The van der Waals surface area contributed by atoms with Crippen LogP contribution in [-0.2, 0) is 9.36 Å². The van der Waals surface area contributed by atoms with Crippen LogP contribution in [0.5, 0.6) is 0 Å². The van der Waals surface area contributed by atoms with Gasteiger partial charge in [-0.2, -0.15) is 0 Å². The number of carboxylic acids is 1. The van der Waals surface area contributed by atoms with Crippen LogP contribution in [0, 0.1) is 0 Å². The Bertz CT molecular complexity index is 220. The molecule has 6 nitrogen and oxygen atoms in total. The van der Waals surface area contributed by atoms with Crippen molar-refractivity contribution in [1.29, 1.82) is 0 Å². The van der Waals surface area contributed by atoms with Crippen molar-refractivity contribution in [2.24, 2.45) is 0 Å². The van der Waals surface area contributed by atoms with Crippen molar-refractivity contribution in [1.82, 2.24) is 5.32 Å². The molecule has 7 heteroatoms. The zero-order chi connectivity index (χ0) is 9.99. The van der Waals surface area contributed by atoms with Gasteiger partial charge in [0.2, 0.25) is 0 Å². The minimum atomic E-state index is -4.30. The maximum absolute atomic E-state index is 10.7. The number of carboxylic acid groups (broad SMARTS) is 1. The molecule has 0 aromatic carbocycles. The summed E-state index contributed by atoms with van der Waals surface area (Å²) in [6.07, 6.45) is 0. The maximum atomic E-state index is 10.7. The van der Waals surface area contributed by atoms with E-state index in [0.717, 1.165) is 0 Å². The number of carbonyl (C=O) groups is 1. The number of rotatable bonds is 4. The van der Waals surface area contributed by atoms with Crippen LogP contribution in [0.15, 0.2) is 0 Å². The van der Waals surface area contributed by atoms with Gasteiger partial charge in [-0.05, 0) is 13.8 Å². The van der Waals surface area contributed by atoms with Gasteiger partial charge < -0.3 is 14.9 Å². The van der Waals surface area contributed by atoms with E-state index in [2.05, 4.69) is 5.32 Å². The van der Waals surface area contributed by atoms with Crippen molar-refractivity contribution >= 4 is 13.6 Å². The second-order valence-electron chi connectivity index (χ2n) is 2.85. The van der Waals surface area contributed by atoms with Crippen LogP contribution in [-0.4, -0.2) is 32.7 Å². The van der Waals surface area contributed by atoms with E-state index in [4.69, 9.17) is 14.9 Å². The lowest BCUT2D eigenvalue weighted by Gasteiger charge is -2.26. The van der Waals surface area contributed by atoms with Crippen LogP contribution < -0.4 is 5.32 Å². The Balaban J connectivity index is 4.24. The predicted molar refractivity (Wildman–Crippen MR) is 41.8 cm³/mol. The molecule has 0 saturated heterocycles. The molecule has 0 aromatic rings. The quantitative estimate of drug-likeness (QED) is 0.456. The molecule has 0 aliphatic heterocycles. The zero-order valence-corrected chi connectivity index (χ0v) is 7.71. The second-order valence-corrected chi connectivity index (χ2v) is 5.06. The molecule has 0 aromatic heterocycles. The highest BCUT2D eigenvalue weighted by Crippen LogP contribution is 2.47. The van der Waals surface area contributed by atoms with Gasteiger partial charge in [-0.3, -0.25) is 14.7 Å². The summed E-state index contributed by atoms with van der Waals surface area (Å²) in [7, 11) is -4.30. The summed E-state index contributed by atoms with van der Waals surface area (Å²) in [5.41, 5.74) is 0. The number of aliphatic carboxylic acids is 1. The average molecular weight is 197 g/mol. The Kier molecular flexibility index (Phi) is 3.41. The van der Waals surface area contributed by atoms with E-state index < -0.39 is 25.4 Å². The van der Waals surface area contributed by atoms with E-state index in [-0.39, 0.29) is 0 Å². The summed E-state index contributed by atoms with van der Waals surface area (Å²) in [6, 6.07) is 0. The van der Waals surface area contributed by atoms with Gasteiger partial charge in [0.15, 0.2) is 0 Å². The summed E-state index contributed by atoms with van der Waals surface area (Å²) in [4.78, 5) is 27.5. The normalized spacial score (nSPS) is 13.0. The minimum absolute atomic E-state index is 0.474. The average Bonchev–Trinajstić information content (AvgIpc) is 1.81. The Labute approximate surface area is 69.8 Å². The summed E-state index contributed by atoms with van der Waals surface area (Å²) < 4.78 is 10.7. The predicted octanol–water partition coefficient (Wildman–Crippen LogP) is -0.426. The Morgan fingerprint density at radius 3 is 2.17 bits per heavy atom. The van der Waals surface area contributed by atoms with Crippen LogP contribution in [0.25, 0.3) is 0 Å². The molecular formula is C5H12NO5P. The highest BCUT2D eigenvalue weighted by atomic mass is 31.2. The third kappa shape index (κ3) is 3.32. The first kappa shape index (κ1) is 11.6. The van der Waals surface area contributed by atoms with E-state index in [1.165, 1.54) is 13.8 Å². The first-order chi connectivity index (χ1) is 5.17. The standard InChI is InChI=1S/C5H12NO5P/c1-5(2,12(9,10)11)6-3-4(7)8/h6H,3H2,1-2H3,(H,7,8)(H2,9,10,11). The molecule has 0 bridgehead atoms. The highest BCUT2D eigenvalue weighted by molar-refractivity contribution is 7.53. The fourth-order valence-electron chi connectivity index (χ4n) is 0.395. The maximum Gasteiger partial charge on any atom is 0.344 e. The minimum Gasteiger partial charge on any atom is -0.480 e. The van der Waals surface area contributed by atoms with Crippen molar-refractivity contribution < 1.29 is 24.3 Å². The van der Waals surface area contributed by atoms with Gasteiger partial charge in [-0.1, -0.05) is 0 Å². The highest BCUT2D eigenvalue weighted by Gasteiger charge is 2.37. The van der Waals surface area contributed by atoms with Gasteiger partial charge in [-0.15, -0.1) is 0 Å². The molecule has 0 rings (SSSR count). The van der Waals surface area contributed by atoms with Crippen molar-refractivity contribution in [3.8, 4) is 0 Å². The number of hydrogen-bond acceptors (Lipinski definition) is 3. The topological polar surface area (TPSA) is 107 Å². The van der Waals surface area contributed by atoms with Crippen LogP contribution in [0.4, 0.5) is 0 Å². The van der Waals surface area contributed by atoms with Gasteiger partial charge in [0.25, 0.3) is 0 Å². The molecule has 0 aliphatic rings. The van der Waals surface area contributed by atoms with Gasteiger partial charge in [0.1, 0.15) is 5.28 Å². The second kappa shape index (κ2) is 3.53. The number of nitrogens with one attached hydrogen (secondary N) is 1. The van der Waals surface area contributed by atoms with Crippen molar-refractivity contribution in [3.05, 3.63) is 0 Å². The molecule has 0 spiro atoms. The molecule has 0 amide bonds. The fourth-order valence-corrected chi connectivity index (χ4v) is 0.680. The SMILES string of the molecule is CC(C)(NCC(=O)O)P(=O)(O)O. The largest absolute Gasteiger partial charge is 0.480 e. The lowest BCUT2D eigenvalue weighted by atomic mass is 10.4. The Morgan fingerprint density at radius 1 is 1.50 bits per heavy atom. The van der Waals surface area contributed by atoms with Gasteiger partial charge in [-0.25, -0.2) is 0 Å². The Hall–Kier alpha value is -0.420. The van der Waals surface area contributed by atoms with Crippen LogP contribution in [0.1, 0.15) is 13.8 Å². The van der Waals surface area contributed by atoms with Crippen LogP contribution in [0.3, 0.4) is 0 Å². The molecule has 72 valence electrons. The lowest BCUT2D eigenvalue weighted by molar-refractivity contribution is -0.136. The first-order valence-electron chi connectivity index (χ1n) is 3.19. The molecule has 0 radical (unpaired) electrons. The zero-order valence-electron chi connectivity index (χ0n) is 6.81. The van der Waals surface area contributed by atoms with E-state index >= 15 is 0 Å². The molecular weight excluding hydrogens is 185 g/mol. The molecule has 0 heterocycles. The Morgan fingerprint density at radius 2 is 1.92 bits per heavy atom. The van der Waals surface area contributed by atoms with E-state index in [9.17, 15) is 9.36 Å². The third-order valence-corrected chi connectivity index (χ3v) is 3.01. The van der Waals surface area contributed by atoms with E-state index in [1.54, 1.807) is 0 Å². The van der Waals surface area contributed by atoms with Crippen LogP contribution in [0.2, 0.25) is 0 Å². The van der Waals surface area contributed by atoms with Crippen molar-refractivity contribution in [3.63, 3.8) is 0 Å². The third-order valence-electron chi connectivity index (χ3n) is 1.40. The van der Waals surface area contributed by atoms with Crippen LogP contribution >= 0.6 is 7.60 Å². The summed E-state index contributed by atoms with van der Waals surface area (Å²) in [5, 5.41) is 8.97. The summed E-state index contributed by atoms with van der Waals surface area (Å²) >= 11 is 0. The summed E-state index contributed by atoms with van der Waals surface area (Å²) in [5.74, 6) is -1.16. The molecule has 0 fully saturated rings. The summed E-state index contributed by atoms with van der Waals surface area (Å²) in [6.45, 7) is 2.02. The van der Waals surface area contributed by atoms with Gasteiger partial charge >= 0.3 is 13.6 Å². The van der Waals surface area contributed by atoms with Crippen molar-refractivity contribution in [2.45, 2.75) is 19.1 Å². The molecule has 0 atom stereocenters. The van der Waals surface area contributed by atoms with Gasteiger partial charge in [0.05, 0.1) is 6.54 Å². The molecule has 0 saturated carbocycles. The van der Waals surface area contributed by atoms with Crippen molar-refractivity contribution in [2.75, 3.05) is 6.54 Å². The van der Waals surface area contributed by atoms with Gasteiger partial charge in [0, 0.05) is 0 Å². The molecule has 12 heavy (non-hydrogen) atoms. The van der Waals surface area contributed by atoms with E-state index in [0.29, 0.717) is 0 Å². The lowest BCUT2D eigenvalue weighted by Crippen LogP contribution is -2.41. The number of hydrogen-bond donors (Lipinski definition) is 4. The molecule has 0 unspecified atom stereocenters. The molecule has 4 N–H and O–H groups in total. The smallest absolute Gasteiger partial charge is 0.344 e. The molecule has 0 aliphatic carbocycles. The van der Waals surface area contributed by atoms with E-state index in [1.807, 2.05) is 0 Å². The monoisotopic (exact) mass is 197 g/mol.